The first-order chi connectivity index (χ1) is 15.1. The molecule has 9 heteroatoms. The number of allylic oxidation sites excluding steroid dienone is 1. The summed E-state index contributed by atoms with van der Waals surface area (Å²) >= 11 is 7.42. The summed E-state index contributed by atoms with van der Waals surface area (Å²) in [5.41, 5.74) is 2.91. The van der Waals surface area contributed by atoms with Gasteiger partial charge in [0.05, 0.1) is 16.4 Å². The first kappa shape index (κ1) is 21.2. The molecule has 2 N–H and O–H groups in total. The molecule has 0 saturated carbocycles. The average molecular weight is 453 g/mol. The molecule has 1 fully saturated rings. The van der Waals surface area contributed by atoms with Crippen molar-refractivity contribution >= 4 is 46.5 Å². The Balaban J connectivity index is 1.39. The van der Waals surface area contributed by atoms with Crippen molar-refractivity contribution < 1.29 is 4.79 Å². The minimum absolute atomic E-state index is 0.233. The second-order valence-electron chi connectivity index (χ2n) is 7.13. The molecule has 2 aliphatic heterocycles. The van der Waals surface area contributed by atoms with Gasteiger partial charge in [-0.1, -0.05) is 35.5 Å². The standard InChI is InChI=1S/C22H21ClN6OS/c23-16-6-4-15(5-7-16)19-14-31-21(27-19)17(13-24)18-8-10-26-22(28-18)25-9-2-12-29-11-1-3-20(29)30/h4-8,10,14,27H,1-3,9,11-12H2,(H,25,26,28)/b21-17-. The third kappa shape index (κ3) is 5.19. The summed E-state index contributed by atoms with van der Waals surface area (Å²) in [6, 6.07) is 11.5. The van der Waals surface area contributed by atoms with Gasteiger partial charge >= 0.3 is 0 Å². The van der Waals surface area contributed by atoms with Crippen LogP contribution < -0.4 is 10.6 Å². The summed E-state index contributed by atoms with van der Waals surface area (Å²) in [6.45, 7) is 2.24. The third-order valence-electron chi connectivity index (χ3n) is 5.01. The van der Waals surface area contributed by atoms with E-state index in [2.05, 4.69) is 26.7 Å². The molecule has 2 aliphatic rings. The highest BCUT2D eigenvalue weighted by Gasteiger charge is 2.20. The largest absolute Gasteiger partial charge is 0.354 e. The molecular formula is C22H21ClN6OS. The van der Waals surface area contributed by atoms with E-state index in [0.29, 0.717) is 35.2 Å². The smallest absolute Gasteiger partial charge is 0.223 e. The topological polar surface area (TPSA) is 93.9 Å². The van der Waals surface area contributed by atoms with Gasteiger partial charge in [-0.2, -0.15) is 5.26 Å². The number of aromatic nitrogens is 2. The van der Waals surface area contributed by atoms with Crippen LogP contribution in [-0.2, 0) is 4.79 Å². The zero-order chi connectivity index (χ0) is 21.6. The first-order valence-electron chi connectivity index (χ1n) is 10.0. The first-order valence-corrected chi connectivity index (χ1v) is 11.3. The maximum absolute atomic E-state index is 11.7. The summed E-state index contributed by atoms with van der Waals surface area (Å²) < 4.78 is 0. The molecule has 1 saturated heterocycles. The number of nitrogens with zero attached hydrogens (tertiary/aromatic N) is 4. The SMILES string of the molecule is N#C/C(=C1\NC(c2ccc(Cl)cc2)=CS1)c1ccnc(NCCCN2CCCC2=O)n1. The van der Waals surface area contributed by atoms with Crippen LogP contribution >= 0.6 is 23.4 Å². The van der Waals surface area contributed by atoms with Gasteiger partial charge in [-0.25, -0.2) is 9.97 Å². The van der Waals surface area contributed by atoms with Crippen LogP contribution in [0.5, 0.6) is 0 Å². The van der Waals surface area contributed by atoms with E-state index in [9.17, 15) is 10.1 Å². The van der Waals surface area contributed by atoms with E-state index in [1.165, 1.54) is 11.8 Å². The number of hydrogen-bond acceptors (Lipinski definition) is 7. The fourth-order valence-electron chi connectivity index (χ4n) is 3.41. The maximum Gasteiger partial charge on any atom is 0.223 e. The van der Waals surface area contributed by atoms with Crippen LogP contribution in [0.15, 0.2) is 47.0 Å². The lowest BCUT2D eigenvalue weighted by Gasteiger charge is -2.15. The summed E-state index contributed by atoms with van der Waals surface area (Å²) in [5.74, 6) is 0.698. The molecule has 4 rings (SSSR count). The Kier molecular flexibility index (Phi) is 6.75. The highest BCUT2D eigenvalue weighted by atomic mass is 35.5. The Morgan fingerprint density at radius 1 is 1.32 bits per heavy atom. The number of nitrogens with one attached hydrogen (secondary N) is 2. The molecule has 1 amide bonds. The summed E-state index contributed by atoms with van der Waals surface area (Å²) in [7, 11) is 0. The quantitative estimate of drug-likeness (QED) is 0.482. The Morgan fingerprint density at radius 3 is 2.90 bits per heavy atom. The Hall–Kier alpha value is -3.02. The number of hydrogen-bond donors (Lipinski definition) is 2. The molecule has 1 aromatic carbocycles. The maximum atomic E-state index is 11.7. The highest BCUT2D eigenvalue weighted by Crippen LogP contribution is 2.34. The van der Waals surface area contributed by atoms with Crippen LogP contribution in [-0.4, -0.2) is 40.4 Å². The number of amides is 1. The van der Waals surface area contributed by atoms with Gasteiger partial charge < -0.3 is 15.5 Å². The Morgan fingerprint density at radius 2 is 2.16 bits per heavy atom. The molecule has 2 aromatic rings. The van der Waals surface area contributed by atoms with Gasteiger partial charge in [-0.05, 0) is 36.6 Å². The molecule has 31 heavy (non-hydrogen) atoms. The van der Waals surface area contributed by atoms with Gasteiger partial charge in [0, 0.05) is 42.7 Å². The lowest BCUT2D eigenvalue weighted by atomic mass is 10.1. The number of benzene rings is 1. The second-order valence-corrected chi connectivity index (χ2v) is 8.44. The van der Waals surface area contributed by atoms with Crippen molar-refractivity contribution in [1.29, 1.82) is 5.26 Å². The fraction of sp³-hybridized carbons (Fsp3) is 0.273. The van der Waals surface area contributed by atoms with Crippen molar-refractivity contribution in [2.45, 2.75) is 19.3 Å². The van der Waals surface area contributed by atoms with Gasteiger partial charge in [-0.3, -0.25) is 4.79 Å². The number of carbonyl (C=O) groups excluding carboxylic acids is 1. The predicted molar refractivity (Wildman–Crippen MR) is 124 cm³/mol. The number of halogens is 1. The molecule has 0 bridgehead atoms. The van der Waals surface area contributed by atoms with E-state index in [-0.39, 0.29) is 5.91 Å². The van der Waals surface area contributed by atoms with Gasteiger partial charge in [0.2, 0.25) is 11.9 Å². The van der Waals surface area contributed by atoms with E-state index in [4.69, 9.17) is 11.6 Å². The van der Waals surface area contributed by atoms with E-state index in [1.54, 1.807) is 12.3 Å². The number of thioether (sulfide) groups is 1. The minimum Gasteiger partial charge on any atom is -0.354 e. The van der Waals surface area contributed by atoms with Crippen LogP contribution in [0.3, 0.4) is 0 Å². The number of nitriles is 1. The molecule has 1 aromatic heterocycles. The van der Waals surface area contributed by atoms with Crippen LogP contribution in [0.2, 0.25) is 5.02 Å². The van der Waals surface area contributed by atoms with E-state index in [0.717, 1.165) is 42.2 Å². The minimum atomic E-state index is 0.233. The molecule has 0 spiro atoms. The van der Waals surface area contributed by atoms with Crippen molar-refractivity contribution in [2.24, 2.45) is 0 Å². The second kappa shape index (κ2) is 9.86. The van der Waals surface area contributed by atoms with E-state index < -0.39 is 0 Å². The zero-order valence-corrected chi connectivity index (χ0v) is 18.3. The van der Waals surface area contributed by atoms with Crippen molar-refractivity contribution in [3.63, 3.8) is 0 Å². The molecule has 7 nitrogen and oxygen atoms in total. The normalized spacial score (nSPS) is 17.2. The number of rotatable bonds is 7. The number of carbonyl (C=O) groups is 1. The van der Waals surface area contributed by atoms with Crippen molar-refractivity contribution in [1.82, 2.24) is 20.2 Å². The van der Waals surface area contributed by atoms with Gasteiger partial charge in [0.15, 0.2) is 0 Å². The van der Waals surface area contributed by atoms with Gasteiger partial charge in [0.1, 0.15) is 11.6 Å². The molecule has 0 radical (unpaired) electrons. The van der Waals surface area contributed by atoms with Crippen LogP contribution in [0.25, 0.3) is 11.3 Å². The van der Waals surface area contributed by atoms with Gasteiger partial charge in [0.25, 0.3) is 0 Å². The molecule has 3 heterocycles. The van der Waals surface area contributed by atoms with Crippen molar-refractivity contribution in [2.75, 3.05) is 25.0 Å². The fourth-order valence-corrected chi connectivity index (χ4v) is 4.40. The summed E-state index contributed by atoms with van der Waals surface area (Å²) in [5, 5.41) is 19.6. The lowest BCUT2D eigenvalue weighted by Crippen LogP contribution is -2.27. The monoisotopic (exact) mass is 452 g/mol. The average Bonchev–Trinajstić information content (AvgIpc) is 3.42. The molecular weight excluding hydrogens is 432 g/mol. The van der Waals surface area contributed by atoms with Gasteiger partial charge in [-0.15, -0.1) is 0 Å². The molecule has 158 valence electrons. The molecule has 0 unspecified atom stereocenters. The molecule has 0 aliphatic carbocycles. The third-order valence-corrected chi connectivity index (χ3v) is 6.16. The highest BCUT2D eigenvalue weighted by molar-refractivity contribution is 8.06. The zero-order valence-electron chi connectivity index (χ0n) is 16.8. The Labute approximate surface area is 190 Å². The van der Waals surface area contributed by atoms with E-state index >= 15 is 0 Å². The summed E-state index contributed by atoms with van der Waals surface area (Å²) in [4.78, 5) is 22.3. The van der Waals surface area contributed by atoms with E-state index in [1.807, 2.05) is 34.6 Å². The predicted octanol–water partition coefficient (Wildman–Crippen LogP) is 4.08. The van der Waals surface area contributed by atoms with Crippen LogP contribution in [0.1, 0.15) is 30.5 Å². The number of anilines is 1. The lowest BCUT2D eigenvalue weighted by molar-refractivity contribution is -0.127. The molecule has 0 atom stereocenters. The van der Waals surface area contributed by atoms with Crippen LogP contribution in [0, 0.1) is 11.3 Å². The number of likely N-dealkylation sites (tertiary alicyclic amines) is 1. The summed E-state index contributed by atoms with van der Waals surface area (Å²) in [6.07, 6.45) is 4.06. The Bertz CT molecular complexity index is 1080. The van der Waals surface area contributed by atoms with Crippen LogP contribution in [0.4, 0.5) is 5.95 Å². The van der Waals surface area contributed by atoms with Crippen molar-refractivity contribution in [3.05, 3.63) is 63.2 Å². The van der Waals surface area contributed by atoms with Crippen molar-refractivity contribution in [3.8, 4) is 6.07 Å².